The van der Waals surface area contributed by atoms with Crippen LogP contribution in [-0.2, 0) is 14.3 Å². The lowest BCUT2D eigenvalue weighted by molar-refractivity contribution is -0.302. The zero-order valence-corrected chi connectivity index (χ0v) is 44.9. The molecular weight excluding hydrogens is 851 g/mol. The van der Waals surface area contributed by atoms with Gasteiger partial charge in [0.05, 0.1) is 25.4 Å². The van der Waals surface area contributed by atoms with Gasteiger partial charge in [-0.1, -0.05) is 270 Å². The van der Waals surface area contributed by atoms with Gasteiger partial charge in [0.25, 0.3) is 0 Å². The Morgan fingerprint density at radius 3 is 1.19 bits per heavy atom. The third-order valence-electron chi connectivity index (χ3n) is 14.6. The average molecular weight is 967 g/mol. The molecule has 1 heterocycles. The van der Waals surface area contributed by atoms with Crippen LogP contribution in [0.1, 0.15) is 303 Å². The molecule has 1 aliphatic rings. The molecule has 1 aliphatic heterocycles. The topological polar surface area (TPSA) is 149 Å². The van der Waals surface area contributed by atoms with Crippen LogP contribution < -0.4 is 5.32 Å². The lowest BCUT2D eigenvalue weighted by Crippen LogP contribution is -2.60. The monoisotopic (exact) mass is 966 g/mol. The molecule has 1 rings (SSSR count). The number of ether oxygens (including phenoxy) is 2. The Labute approximate surface area is 420 Å². The summed E-state index contributed by atoms with van der Waals surface area (Å²) >= 11 is 0. The Morgan fingerprint density at radius 2 is 0.824 bits per heavy atom. The van der Waals surface area contributed by atoms with E-state index in [4.69, 9.17) is 9.47 Å². The van der Waals surface area contributed by atoms with E-state index in [1.807, 2.05) is 0 Å². The molecule has 0 saturated carbocycles. The van der Waals surface area contributed by atoms with Crippen LogP contribution in [0.5, 0.6) is 0 Å². The molecule has 9 heteroatoms. The molecular formula is C59H115NO8. The second kappa shape index (κ2) is 49.5. The Kier molecular flexibility index (Phi) is 47.3. The molecule has 0 aromatic carbocycles. The maximum absolute atomic E-state index is 13.1. The first kappa shape index (κ1) is 64.9. The zero-order chi connectivity index (χ0) is 49.4. The van der Waals surface area contributed by atoms with E-state index in [1.54, 1.807) is 0 Å². The van der Waals surface area contributed by atoms with E-state index >= 15 is 0 Å². The molecule has 1 saturated heterocycles. The van der Waals surface area contributed by atoms with Crippen molar-refractivity contribution in [3.8, 4) is 0 Å². The Hall–Kier alpha value is -1.07. The van der Waals surface area contributed by atoms with Crippen LogP contribution in [0.4, 0.5) is 0 Å². The quantitative estimate of drug-likeness (QED) is 0.0261. The highest BCUT2D eigenvalue weighted by atomic mass is 16.7. The predicted molar refractivity (Wildman–Crippen MR) is 286 cm³/mol. The summed E-state index contributed by atoms with van der Waals surface area (Å²) in [4.78, 5) is 13.1. The maximum atomic E-state index is 13.1. The van der Waals surface area contributed by atoms with Crippen molar-refractivity contribution >= 4 is 5.91 Å². The smallest absolute Gasteiger partial charge is 0.220 e. The molecule has 1 amide bonds. The minimum absolute atomic E-state index is 0.134. The van der Waals surface area contributed by atoms with E-state index in [0.29, 0.717) is 12.8 Å². The first-order chi connectivity index (χ1) is 33.3. The van der Waals surface area contributed by atoms with Crippen LogP contribution in [0.2, 0.25) is 0 Å². The summed E-state index contributed by atoms with van der Waals surface area (Å²) in [6.45, 7) is 3.88. The van der Waals surface area contributed by atoms with Crippen LogP contribution in [-0.4, -0.2) is 87.5 Å². The normalized spacial score (nSPS) is 19.5. The average Bonchev–Trinajstić information content (AvgIpc) is 3.34. The highest BCUT2D eigenvalue weighted by Crippen LogP contribution is 2.23. The van der Waals surface area contributed by atoms with E-state index in [-0.39, 0.29) is 12.5 Å². The van der Waals surface area contributed by atoms with Crippen molar-refractivity contribution in [3.05, 3.63) is 12.2 Å². The van der Waals surface area contributed by atoms with Crippen molar-refractivity contribution in [2.75, 3.05) is 13.2 Å². The largest absolute Gasteiger partial charge is 0.394 e. The second-order valence-electron chi connectivity index (χ2n) is 21.1. The predicted octanol–water partition coefficient (Wildman–Crippen LogP) is 14.8. The zero-order valence-electron chi connectivity index (χ0n) is 44.9. The molecule has 0 aromatic rings. The van der Waals surface area contributed by atoms with Gasteiger partial charge < -0.3 is 40.3 Å². The highest BCUT2D eigenvalue weighted by molar-refractivity contribution is 5.76. The van der Waals surface area contributed by atoms with Gasteiger partial charge in [-0.25, -0.2) is 0 Å². The summed E-state index contributed by atoms with van der Waals surface area (Å²) in [5, 5.41) is 54.7. The fraction of sp³-hybridized carbons (Fsp3) is 0.949. The number of hydrogen-bond donors (Lipinski definition) is 6. The second-order valence-corrected chi connectivity index (χ2v) is 21.1. The Morgan fingerprint density at radius 1 is 0.485 bits per heavy atom. The van der Waals surface area contributed by atoms with Gasteiger partial charge in [-0.2, -0.15) is 0 Å². The van der Waals surface area contributed by atoms with Gasteiger partial charge in [-0.05, 0) is 38.5 Å². The third-order valence-corrected chi connectivity index (χ3v) is 14.6. The van der Waals surface area contributed by atoms with Crippen LogP contribution in [0.25, 0.3) is 0 Å². The fourth-order valence-electron chi connectivity index (χ4n) is 9.87. The number of amides is 1. The summed E-state index contributed by atoms with van der Waals surface area (Å²) < 4.78 is 11.3. The molecule has 9 nitrogen and oxygen atoms in total. The van der Waals surface area contributed by atoms with E-state index in [0.717, 1.165) is 38.5 Å². The van der Waals surface area contributed by atoms with Crippen molar-refractivity contribution in [2.45, 2.75) is 346 Å². The molecule has 404 valence electrons. The summed E-state index contributed by atoms with van der Waals surface area (Å²) in [6.07, 6.45) is 53.8. The van der Waals surface area contributed by atoms with Crippen molar-refractivity contribution in [2.24, 2.45) is 0 Å². The Bertz CT molecular complexity index is 1080. The Balaban J connectivity index is 2.19. The molecule has 68 heavy (non-hydrogen) atoms. The van der Waals surface area contributed by atoms with Gasteiger partial charge in [0, 0.05) is 6.42 Å². The molecule has 6 N–H and O–H groups in total. The van der Waals surface area contributed by atoms with Crippen molar-refractivity contribution < 1.29 is 39.8 Å². The SMILES string of the molecule is CCCCCCCCCC/C=C\CCCCCCCCCCCCCC(=O)NC(COC1OC(CO)C(O)C(O)C1O)C(O)CCCCCCCCCCCCCCCCCCCCCCCC. The third kappa shape index (κ3) is 38.6. The molecule has 7 atom stereocenters. The number of rotatable bonds is 52. The number of nitrogens with one attached hydrogen (secondary N) is 1. The van der Waals surface area contributed by atoms with E-state index in [2.05, 4.69) is 31.3 Å². The van der Waals surface area contributed by atoms with Crippen LogP contribution in [0.3, 0.4) is 0 Å². The van der Waals surface area contributed by atoms with Crippen LogP contribution in [0, 0.1) is 0 Å². The molecule has 0 aromatic heterocycles. The molecule has 0 radical (unpaired) electrons. The van der Waals surface area contributed by atoms with Crippen LogP contribution >= 0.6 is 0 Å². The number of aliphatic hydroxyl groups excluding tert-OH is 5. The van der Waals surface area contributed by atoms with Crippen molar-refractivity contribution in [1.82, 2.24) is 5.32 Å². The lowest BCUT2D eigenvalue weighted by atomic mass is 9.99. The fourth-order valence-corrected chi connectivity index (χ4v) is 9.87. The number of carbonyl (C=O) groups is 1. The van der Waals surface area contributed by atoms with E-state index in [1.165, 1.54) is 238 Å². The van der Waals surface area contributed by atoms with E-state index in [9.17, 15) is 30.3 Å². The first-order valence-electron chi connectivity index (χ1n) is 29.9. The minimum Gasteiger partial charge on any atom is -0.394 e. The molecule has 0 spiro atoms. The van der Waals surface area contributed by atoms with Gasteiger partial charge in [0.2, 0.25) is 5.91 Å². The van der Waals surface area contributed by atoms with Gasteiger partial charge in [0.1, 0.15) is 24.4 Å². The number of carbonyl (C=O) groups excluding carboxylic acids is 1. The standard InChI is InChI=1S/C59H115NO8/c1-3-5-7-9-11-13-15-17-19-21-23-25-27-29-31-33-35-37-39-41-43-45-47-49-55(63)60-52(51-67-59-58(66)57(65)56(64)54(50-61)68-59)53(62)48-46-44-42-40-38-36-34-32-30-28-26-24-22-20-18-16-14-12-10-8-6-4-2/h21,23,52-54,56-59,61-62,64-66H,3-20,22,24-51H2,1-2H3,(H,60,63)/b23-21-. The highest BCUT2D eigenvalue weighted by Gasteiger charge is 2.44. The maximum Gasteiger partial charge on any atom is 0.220 e. The van der Waals surface area contributed by atoms with Gasteiger partial charge in [-0.15, -0.1) is 0 Å². The van der Waals surface area contributed by atoms with Crippen molar-refractivity contribution in [1.29, 1.82) is 0 Å². The summed E-state index contributed by atoms with van der Waals surface area (Å²) in [5.41, 5.74) is 0. The first-order valence-corrected chi connectivity index (χ1v) is 29.9. The summed E-state index contributed by atoms with van der Waals surface area (Å²) in [5.74, 6) is -0.139. The molecule has 1 fully saturated rings. The molecule has 7 unspecified atom stereocenters. The molecule has 0 aliphatic carbocycles. The summed E-state index contributed by atoms with van der Waals surface area (Å²) in [6, 6.07) is -0.717. The van der Waals surface area contributed by atoms with Gasteiger partial charge >= 0.3 is 0 Å². The minimum atomic E-state index is -1.55. The van der Waals surface area contributed by atoms with Crippen LogP contribution in [0.15, 0.2) is 12.2 Å². The molecule has 0 bridgehead atoms. The summed E-state index contributed by atoms with van der Waals surface area (Å²) in [7, 11) is 0. The lowest BCUT2D eigenvalue weighted by Gasteiger charge is -2.40. The number of hydrogen-bond acceptors (Lipinski definition) is 8. The van der Waals surface area contributed by atoms with E-state index < -0.39 is 49.5 Å². The number of unbranched alkanes of at least 4 members (excludes halogenated alkanes) is 40. The van der Waals surface area contributed by atoms with Gasteiger partial charge in [0.15, 0.2) is 6.29 Å². The van der Waals surface area contributed by atoms with Gasteiger partial charge in [-0.3, -0.25) is 4.79 Å². The number of aliphatic hydroxyl groups is 5. The number of allylic oxidation sites excluding steroid dienone is 2. The van der Waals surface area contributed by atoms with Crippen molar-refractivity contribution in [3.63, 3.8) is 0 Å².